The lowest BCUT2D eigenvalue weighted by molar-refractivity contribution is 0.0528. The van der Waals surface area contributed by atoms with Gasteiger partial charge in [-0.1, -0.05) is 19.1 Å². The van der Waals surface area contributed by atoms with Gasteiger partial charge in [0.15, 0.2) is 5.69 Å². The molecule has 1 atom stereocenters. The lowest BCUT2D eigenvalue weighted by atomic mass is 10.1. The largest absolute Gasteiger partial charge is 0.476 e. The van der Waals surface area contributed by atoms with Crippen LogP contribution in [-0.2, 0) is 4.74 Å². The number of carboxylic acids is 1. The van der Waals surface area contributed by atoms with E-state index < -0.39 is 5.97 Å². The summed E-state index contributed by atoms with van der Waals surface area (Å²) in [6.45, 7) is 5.26. The van der Waals surface area contributed by atoms with Gasteiger partial charge < -0.3 is 9.84 Å². The Balaban J connectivity index is 2.35. The molecule has 0 radical (unpaired) electrons. The van der Waals surface area contributed by atoms with Crippen molar-refractivity contribution in [2.45, 2.75) is 38.6 Å². The Bertz CT molecular complexity index is 408. The summed E-state index contributed by atoms with van der Waals surface area (Å²) in [6, 6.07) is 0.113. The summed E-state index contributed by atoms with van der Waals surface area (Å²) in [5.41, 5.74) is 0.749. The predicted octanol–water partition coefficient (Wildman–Crippen LogP) is 1.45. The van der Waals surface area contributed by atoms with E-state index in [9.17, 15) is 4.79 Å². The van der Waals surface area contributed by atoms with Crippen LogP contribution in [0.2, 0.25) is 0 Å². The molecule has 2 rings (SSSR count). The predicted molar refractivity (Wildman–Crippen MR) is 60.2 cm³/mol. The maximum atomic E-state index is 11.1. The number of aromatic nitrogens is 3. The lowest BCUT2D eigenvalue weighted by Crippen LogP contribution is -2.24. The summed E-state index contributed by atoms with van der Waals surface area (Å²) in [4.78, 5) is 11.1. The molecule has 1 fully saturated rings. The molecule has 1 saturated heterocycles. The normalized spacial score (nSPS) is 20.8. The number of ether oxygens (including phenoxy) is 1. The van der Waals surface area contributed by atoms with E-state index in [0.717, 1.165) is 19.4 Å². The Hall–Kier alpha value is -1.43. The van der Waals surface area contributed by atoms with Gasteiger partial charge in [-0.3, -0.25) is 0 Å². The quantitative estimate of drug-likeness (QED) is 0.863. The van der Waals surface area contributed by atoms with Gasteiger partial charge in [-0.2, -0.15) is 0 Å². The molecule has 1 aromatic heterocycles. The molecule has 1 aliphatic rings. The molecule has 6 nitrogen and oxygen atoms in total. The summed E-state index contributed by atoms with van der Waals surface area (Å²) >= 11 is 0. The van der Waals surface area contributed by atoms with E-state index in [0.29, 0.717) is 12.3 Å². The molecule has 1 N–H and O–H groups in total. The molecule has 0 amide bonds. The highest BCUT2D eigenvalue weighted by molar-refractivity contribution is 5.86. The van der Waals surface area contributed by atoms with Crippen molar-refractivity contribution < 1.29 is 14.6 Å². The average molecular weight is 239 g/mol. The van der Waals surface area contributed by atoms with E-state index in [4.69, 9.17) is 9.84 Å². The smallest absolute Gasteiger partial charge is 0.358 e. The summed E-state index contributed by atoms with van der Waals surface area (Å²) in [6.07, 6.45) is 1.94. The van der Waals surface area contributed by atoms with Crippen LogP contribution in [0.5, 0.6) is 0 Å². The first-order valence-electron chi connectivity index (χ1n) is 5.87. The van der Waals surface area contributed by atoms with E-state index in [1.165, 1.54) is 0 Å². The molecule has 0 spiro atoms. The van der Waals surface area contributed by atoms with Gasteiger partial charge in [0, 0.05) is 6.61 Å². The van der Waals surface area contributed by atoms with Crippen LogP contribution in [0.3, 0.4) is 0 Å². The Morgan fingerprint density at radius 1 is 1.59 bits per heavy atom. The van der Waals surface area contributed by atoms with Crippen molar-refractivity contribution in [2.24, 2.45) is 0 Å². The van der Waals surface area contributed by atoms with Gasteiger partial charge in [-0.05, 0) is 18.8 Å². The summed E-state index contributed by atoms with van der Waals surface area (Å²) in [5, 5.41) is 16.8. The second kappa shape index (κ2) is 4.83. The van der Waals surface area contributed by atoms with E-state index in [2.05, 4.69) is 10.3 Å². The molecule has 0 aromatic carbocycles. The second-order valence-electron chi connectivity index (χ2n) is 4.60. The van der Waals surface area contributed by atoms with Crippen molar-refractivity contribution in [3.05, 3.63) is 11.4 Å². The van der Waals surface area contributed by atoms with Gasteiger partial charge in [-0.15, -0.1) is 5.10 Å². The van der Waals surface area contributed by atoms with Crippen LogP contribution in [0.15, 0.2) is 0 Å². The minimum atomic E-state index is -1.02. The van der Waals surface area contributed by atoms with Crippen LogP contribution >= 0.6 is 0 Å². The highest BCUT2D eigenvalue weighted by Gasteiger charge is 2.26. The number of nitrogens with zero attached hydrogens (tertiary/aromatic N) is 3. The van der Waals surface area contributed by atoms with Crippen molar-refractivity contribution in [3.63, 3.8) is 0 Å². The number of hydrogen-bond donors (Lipinski definition) is 1. The van der Waals surface area contributed by atoms with Crippen LogP contribution in [-0.4, -0.2) is 39.3 Å². The maximum absolute atomic E-state index is 11.1. The van der Waals surface area contributed by atoms with Gasteiger partial charge in [0.05, 0.1) is 18.3 Å². The molecule has 0 bridgehead atoms. The van der Waals surface area contributed by atoms with Crippen molar-refractivity contribution in [3.8, 4) is 0 Å². The SMILES string of the molecule is CC(C)c1c(C(=O)O)nnn1C1CCCOC1. The van der Waals surface area contributed by atoms with E-state index in [1.807, 2.05) is 13.8 Å². The molecule has 2 heterocycles. The molecule has 94 valence electrons. The molecule has 1 unspecified atom stereocenters. The second-order valence-corrected chi connectivity index (χ2v) is 4.60. The van der Waals surface area contributed by atoms with Crippen LogP contribution in [0.25, 0.3) is 0 Å². The zero-order valence-electron chi connectivity index (χ0n) is 10.1. The van der Waals surface area contributed by atoms with Crippen molar-refractivity contribution in [2.75, 3.05) is 13.2 Å². The molecule has 0 aliphatic carbocycles. The minimum Gasteiger partial charge on any atom is -0.476 e. The zero-order chi connectivity index (χ0) is 12.4. The molecular formula is C11H17N3O3. The Morgan fingerprint density at radius 3 is 2.88 bits per heavy atom. The highest BCUT2D eigenvalue weighted by Crippen LogP contribution is 2.25. The monoisotopic (exact) mass is 239 g/mol. The van der Waals surface area contributed by atoms with Crippen molar-refractivity contribution in [1.82, 2.24) is 15.0 Å². The van der Waals surface area contributed by atoms with Gasteiger partial charge in [-0.25, -0.2) is 9.48 Å². The van der Waals surface area contributed by atoms with Crippen LogP contribution < -0.4 is 0 Å². The third-order valence-corrected chi connectivity index (χ3v) is 2.96. The number of hydrogen-bond acceptors (Lipinski definition) is 4. The average Bonchev–Trinajstić information content (AvgIpc) is 2.74. The third-order valence-electron chi connectivity index (χ3n) is 2.96. The van der Waals surface area contributed by atoms with E-state index in [-0.39, 0.29) is 17.7 Å². The maximum Gasteiger partial charge on any atom is 0.358 e. The number of rotatable bonds is 3. The molecule has 17 heavy (non-hydrogen) atoms. The summed E-state index contributed by atoms with van der Waals surface area (Å²) in [7, 11) is 0. The highest BCUT2D eigenvalue weighted by atomic mass is 16.5. The summed E-state index contributed by atoms with van der Waals surface area (Å²) in [5.74, 6) is -0.935. The van der Waals surface area contributed by atoms with Gasteiger partial charge >= 0.3 is 5.97 Å². The van der Waals surface area contributed by atoms with Crippen LogP contribution in [0.1, 0.15) is 54.8 Å². The Kier molecular flexibility index (Phi) is 3.42. The standard InChI is InChI=1S/C11H17N3O3/c1-7(2)10-9(11(15)16)12-13-14(10)8-4-3-5-17-6-8/h7-8H,3-6H2,1-2H3,(H,15,16). The first kappa shape index (κ1) is 12.0. The number of carbonyl (C=O) groups is 1. The summed E-state index contributed by atoms with van der Waals surface area (Å²) < 4.78 is 7.13. The molecule has 0 saturated carbocycles. The van der Waals surface area contributed by atoms with Crippen LogP contribution in [0.4, 0.5) is 0 Å². The van der Waals surface area contributed by atoms with Gasteiger partial charge in [0.1, 0.15) is 0 Å². The third kappa shape index (κ3) is 2.31. The topological polar surface area (TPSA) is 77.2 Å². The molecule has 1 aliphatic heterocycles. The van der Waals surface area contributed by atoms with Crippen LogP contribution in [0, 0.1) is 0 Å². The van der Waals surface area contributed by atoms with E-state index >= 15 is 0 Å². The molecule has 1 aromatic rings. The minimum absolute atomic E-state index is 0.0607. The van der Waals surface area contributed by atoms with Gasteiger partial charge in [0.25, 0.3) is 0 Å². The van der Waals surface area contributed by atoms with Crippen molar-refractivity contribution >= 4 is 5.97 Å². The lowest BCUT2D eigenvalue weighted by Gasteiger charge is -2.24. The number of aromatic carboxylic acids is 1. The first-order chi connectivity index (χ1) is 8.11. The molecule has 6 heteroatoms. The fourth-order valence-electron chi connectivity index (χ4n) is 2.18. The first-order valence-corrected chi connectivity index (χ1v) is 5.87. The molecular weight excluding hydrogens is 222 g/mol. The Labute approximate surface area is 99.6 Å². The Morgan fingerprint density at radius 2 is 2.35 bits per heavy atom. The fourth-order valence-corrected chi connectivity index (χ4v) is 2.18. The fraction of sp³-hybridized carbons (Fsp3) is 0.727. The van der Waals surface area contributed by atoms with Gasteiger partial charge in [0.2, 0.25) is 0 Å². The van der Waals surface area contributed by atoms with E-state index in [1.54, 1.807) is 4.68 Å². The van der Waals surface area contributed by atoms with Crippen molar-refractivity contribution in [1.29, 1.82) is 0 Å². The zero-order valence-corrected chi connectivity index (χ0v) is 10.1. The number of carboxylic acid groups (broad SMARTS) is 1.